The van der Waals surface area contributed by atoms with Gasteiger partial charge in [-0.25, -0.2) is 4.39 Å². The van der Waals surface area contributed by atoms with Crippen LogP contribution in [0.5, 0.6) is 0 Å². The molecule has 1 amide bonds. The molecule has 6 heteroatoms. The van der Waals surface area contributed by atoms with Crippen molar-refractivity contribution in [2.24, 2.45) is 11.8 Å². The molecule has 1 atom stereocenters. The van der Waals surface area contributed by atoms with Crippen LogP contribution in [0, 0.1) is 17.7 Å². The highest BCUT2D eigenvalue weighted by molar-refractivity contribution is 5.93. The van der Waals surface area contributed by atoms with Gasteiger partial charge in [-0.15, -0.1) is 0 Å². The molecule has 2 aromatic rings. The van der Waals surface area contributed by atoms with Crippen LogP contribution in [0.1, 0.15) is 43.6 Å². The number of nitrogens with zero attached hydrogens (tertiary/aromatic N) is 3. The summed E-state index contributed by atoms with van der Waals surface area (Å²) in [5.41, 5.74) is 1.95. The van der Waals surface area contributed by atoms with E-state index in [1.165, 1.54) is 31.5 Å². The van der Waals surface area contributed by atoms with Crippen molar-refractivity contribution in [2.75, 3.05) is 26.2 Å². The zero-order valence-corrected chi connectivity index (χ0v) is 16.7. The second-order valence-electron chi connectivity index (χ2n) is 8.53. The van der Waals surface area contributed by atoms with Gasteiger partial charge in [0.25, 0.3) is 5.91 Å². The first kappa shape index (κ1) is 19.1. The Morgan fingerprint density at radius 1 is 1.25 bits per heavy atom. The number of aromatic amines is 1. The maximum absolute atomic E-state index is 13.1. The molecule has 5 nitrogen and oxygen atoms in total. The lowest BCUT2D eigenvalue weighted by Gasteiger charge is -2.34. The fraction of sp³-hybridized carbons (Fsp3) is 0.545. The average Bonchev–Trinajstić information content (AvgIpc) is 3.41. The summed E-state index contributed by atoms with van der Waals surface area (Å²) in [5, 5.41) is 7.15. The fourth-order valence-corrected chi connectivity index (χ4v) is 4.11. The molecule has 1 aromatic heterocycles. The minimum Gasteiger partial charge on any atom is -0.336 e. The van der Waals surface area contributed by atoms with E-state index >= 15 is 0 Å². The summed E-state index contributed by atoms with van der Waals surface area (Å²) in [7, 11) is 0. The van der Waals surface area contributed by atoms with Gasteiger partial charge in [-0.3, -0.25) is 14.8 Å². The number of amides is 1. The average molecular weight is 384 g/mol. The Hall–Kier alpha value is -2.21. The van der Waals surface area contributed by atoms with E-state index in [1.807, 2.05) is 4.90 Å². The van der Waals surface area contributed by atoms with E-state index < -0.39 is 0 Å². The number of aromatic nitrogens is 2. The molecule has 1 N–H and O–H groups in total. The zero-order valence-electron chi connectivity index (χ0n) is 16.7. The molecule has 0 bridgehead atoms. The Morgan fingerprint density at radius 3 is 2.68 bits per heavy atom. The maximum Gasteiger partial charge on any atom is 0.271 e. The van der Waals surface area contributed by atoms with Gasteiger partial charge in [0.1, 0.15) is 11.5 Å². The molecular formula is C22H29FN4O. The molecule has 0 spiro atoms. The minimum atomic E-state index is -0.282. The number of halogens is 1. The van der Waals surface area contributed by atoms with Gasteiger partial charge in [0.05, 0.1) is 5.69 Å². The topological polar surface area (TPSA) is 52.2 Å². The van der Waals surface area contributed by atoms with Crippen LogP contribution in [0.15, 0.2) is 30.3 Å². The Balaban J connectivity index is 1.48. The Morgan fingerprint density at radius 2 is 2.00 bits per heavy atom. The lowest BCUT2D eigenvalue weighted by Crippen LogP contribution is -2.46. The first-order valence-corrected chi connectivity index (χ1v) is 10.4. The van der Waals surface area contributed by atoms with E-state index in [4.69, 9.17) is 0 Å². The lowest BCUT2D eigenvalue weighted by atomic mass is 10.0. The standard InChI is InChI=1S/C22H29FN4O/c1-15(2)21-14-27(11-3-10-26(21)13-16-4-5-16)22(28)20-12-19(24-25-20)17-6-8-18(23)9-7-17/h6-9,12,15-16,21H,3-5,10-11,13-14H2,1-2H3,(H,24,25). The Kier molecular flexibility index (Phi) is 5.49. The molecule has 1 saturated carbocycles. The molecule has 0 radical (unpaired) electrons. The Labute approximate surface area is 165 Å². The predicted molar refractivity (Wildman–Crippen MR) is 107 cm³/mol. The van der Waals surface area contributed by atoms with Gasteiger partial charge < -0.3 is 4.90 Å². The minimum absolute atomic E-state index is 0.000200. The summed E-state index contributed by atoms with van der Waals surface area (Å²) in [6, 6.07) is 8.33. The van der Waals surface area contributed by atoms with Crippen LogP contribution in [0.25, 0.3) is 11.3 Å². The smallest absolute Gasteiger partial charge is 0.271 e. The van der Waals surface area contributed by atoms with Crippen LogP contribution >= 0.6 is 0 Å². The third-order valence-electron chi connectivity index (χ3n) is 5.94. The third-order valence-corrected chi connectivity index (χ3v) is 5.94. The van der Waals surface area contributed by atoms with Crippen molar-refractivity contribution in [2.45, 2.75) is 39.2 Å². The number of benzene rings is 1. The van der Waals surface area contributed by atoms with E-state index in [0.29, 0.717) is 23.3 Å². The molecule has 2 fully saturated rings. The molecule has 4 rings (SSSR count). The number of H-pyrrole nitrogens is 1. The molecule has 1 saturated heterocycles. The SMILES string of the molecule is CC(C)C1CN(C(=O)c2cc(-c3ccc(F)cc3)n[nH]2)CCCN1CC1CC1. The molecule has 2 heterocycles. The fourth-order valence-electron chi connectivity index (χ4n) is 4.11. The van der Waals surface area contributed by atoms with E-state index in [2.05, 4.69) is 28.9 Å². The number of nitrogens with one attached hydrogen (secondary N) is 1. The second kappa shape index (κ2) is 8.03. The summed E-state index contributed by atoms with van der Waals surface area (Å²) >= 11 is 0. The van der Waals surface area contributed by atoms with Crippen LogP contribution in [-0.4, -0.2) is 58.1 Å². The first-order valence-electron chi connectivity index (χ1n) is 10.4. The molecule has 1 aromatic carbocycles. The zero-order chi connectivity index (χ0) is 19.7. The summed E-state index contributed by atoms with van der Waals surface area (Å²) in [5.74, 6) is 1.08. The van der Waals surface area contributed by atoms with Crippen molar-refractivity contribution >= 4 is 5.91 Å². The van der Waals surface area contributed by atoms with Crippen LogP contribution in [0.2, 0.25) is 0 Å². The number of carbonyl (C=O) groups is 1. The summed E-state index contributed by atoms with van der Waals surface area (Å²) in [4.78, 5) is 17.7. The van der Waals surface area contributed by atoms with Gasteiger partial charge in [-0.1, -0.05) is 13.8 Å². The summed E-state index contributed by atoms with van der Waals surface area (Å²) in [6.07, 6.45) is 3.70. The summed E-state index contributed by atoms with van der Waals surface area (Å²) < 4.78 is 13.1. The lowest BCUT2D eigenvalue weighted by molar-refractivity contribution is 0.0698. The van der Waals surface area contributed by atoms with E-state index in [-0.39, 0.29) is 11.7 Å². The summed E-state index contributed by atoms with van der Waals surface area (Å²) in [6.45, 7) is 8.27. The van der Waals surface area contributed by atoms with E-state index in [1.54, 1.807) is 18.2 Å². The van der Waals surface area contributed by atoms with Crippen LogP contribution < -0.4 is 0 Å². The molecular weight excluding hydrogens is 355 g/mol. The van der Waals surface area contributed by atoms with Crippen molar-refractivity contribution in [3.63, 3.8) is 0 Å². The number of rotatable bonds is 5. The number of hydrogen-bond donors (Lipinski definition) is 1. The first-order chi connectivity index (χ1) is 13.5. The van der Waals surface area contributed by atoms with Crippen LogP contribution in [0.4, 0.5) is 4.39 Å². The highest BCUT2D eigenvalue weighted by Crippen LogP contribution is 2.32. The van der Waals surface area contributed by atoms with Crippen molar-refractivity contribution in [1.29, 1.82) is 0 Å². The predicted octanol–water partition coefficient (Wildman–Crippen LogP) is 3.80. The van der Waals surface area contributed by atoms with E-state index in [9.17, 15) is 9.18 Å². The van der Waals surface area contributed by atoms with Crippen molar-refractivity contribution < 1.29 is 9.18 Å². The number of carbonyl (C=O) groups excluding carboxylic acids is 1. The normalized spacial score (nSPS) is 21.1. The molecule has 28 heavy (non-hydrogen) atoms. The second-order valence-corrected chi connectivity index (χ2v) is 8.53. The number of hydrogen-bond acceptors (Lipinski definition) is 3. The van der Waals surface area contributed by atoms with Gasteiger partial charge in [0.2, 0.25) is 0 Å². The quantitative estimate of drug-likeness (QED) is 0.853. The van der Waals surface area contributed by atoms with E-state index in [0.717, 1.165) is 37.5 Å². The molecule has 1 aliphatic carbocycles. The molecule has 1 unspecified atom stereocenters. The van der Waals surface area contributed by atoms with Gasteiger partial charge >= 0.3 is 0 Å². The highest BCUT2D eigenvalue weighted by Gasteiger charge is 2.33. The van der Waals surface area contributed by atoms with Gasteiger partial charge in [-0.2, -0.15) is 5.10 Å². The highest BCUT2D eigenvalue weighted by atomic mass is 19.1. The van der Waals surface area contributed by atoms with Gasteiger partial charge in [-0.05, 0) is 61.4 Å². The van der Waals surface area contributed by atoms with Crippen LogP contribution in [0.3, 0.4) is 0 Å². The van der Waals surface area contributed by atoms with Gasteiger partial charge in [0, 0.05) is 37.8 Å². The third kappa shape index (κ3) is 4.27. The monoisotopic (exact) mass is 384 g/mol. The molecule has 2 aliphatic rings. The molecule has 150 valence electrons. The van der Waals surface area contributed by atoms with Crippen molar-refractivity contribution in [3.05, 3.63) is 41.8 Å². The Bertz CT molecular complexity index is 812. The van der Waals surface area contributed by atoms with Crippen molar-refractivity contribution in [1.82, 2.24) is 20.0 Å². The van der Waals surface area contributed by atoms with Crippen molar-refractivity contribution in [3.8, 4) is 11.3 Å². The van der Waals surface area contributed by atoms with Crippen LogP contribution in [-0.2, 0) is 0 Å². The van der Waals surface area contributed by atoms with Gasteiger partial charge in [0.15, 0.2) is 0 Å². The maximum atomic E-state index is 13.1. The molecule has 1 aliphatic heterocycles. The largest absolute Gasteiger partial charge is 0.336 e.